The quantitative estimate of drug-likeness (QED) is 0.838. The summed E-state index contributed by atoms with van der Waals surface area (Å²) in [5.41, 5.74) is 0.623. The van der Waals surface area contributed by atoms with Crippen molar-refractivity contribution in [3.05, 3.63) is 24.0 Å². The van der Waals surface area contributed by atoms with Crippen molar-refractivity contribution < 1.29 is 9.53 Å². The third kappa shape index (κ3) is 4.41. The van der Waals surface area contributed by atoms with Crippen LogP contribution in [0.3, 0.4) is 0 Å². The zero-order valence-corrected chi connectivity index (χ0v) is 13.4. The summed E-state index contributed by atoms with van der Waals surface area (Å²) in [5.74, 6) is 0.460. The van der Waals surface area contributed by atoms with Gasteiger partial charge in [0, 0.05) is 25.2 Å². The van der Waals surface area contributed by atoms with Gasteiger partial charge in [-0.2, -0.15) is 10.2 Å². The van der Waals surface area contributed by atoms with Crippen LogP contribution in [0.5, 0.6) is 0 Å². The number of ether oxygens (including phenoxy) is 1. The molecule has 5 heteroatoms. The average Bonchev–Trinajstić information content (AvgIpc) is 2.46. The molecule has 0 bridgehead atoms. The largest absolute Gasteiger partial charge is 0.444 e. The van der Waals surface area contributed by atoms with Crippen LogP contribution in [-0.2, 0) is 4.74 Å². The van der Waals surface area contributed by atoms with Gasteiger partial charge in [0.25, 0.3) is 0 Å². The van der Waals surface area contributed by atoms with Crippen molar-refractivity contribution in [3.8, 4) is 0 Å². The molecule has 1 fully saturated rings. The van der Waals surface area contributed by atoms with Crippen molar-refractivity contribution in [3.63, 3.8) is 0 Å². The summed E-state index contributed by atoms with van der Waals surface area (Å²) in [5, 5.41) is 8.15. The normalized spacial score (nSPS) is 22.7. The van der Waals surface area contributed by atoms with E-state index in [0.29, 0.717) is 5.92 Å². The SMILES string of the molecule is CN(C(=O)OC(C)(C)C)C1CCC(c2cccnn2)CC1. The van der Waals surface area contributed by atoms with Gasteiger partial charge in [-0.05, 0) is 58.6 Å². The Kier molecular flexibility index (Phi) is 4.80. The molecule has 0 atom stereocenters. The number of nitrogens with zero attached hydrogens (tertiary/aromatic N) is 3. The van der Waals surface area contributed by atoms with Gasteiger partial charge >= 0.3 is 6.09 Å². The average molecular weight is 291 g/mol. The highest BCUT2D eigenvalue weighted by Crippen LogP contribution is 2.33. The Labute approximate surface area is 126 Å². The van der Waals surface area contributed by atoms with E-state index < -0.39 is 5.60 Å². The lowest BCUT2D eigenvalue weighted by Crippen LogP contribution is -2.42. The van der Waals surface area contributed by atoms with Gasteiger partial charge < -0.3 is 9.64 Å². The summed E-state index contributed by atoms with van der Waals surface area (Å²) in [6.07, 6.45) is 5.51. The Morgan fingerprint density at radius 3 is 2.48 bits per heavy atom. The lowest BCUT2D eigenvalue weighted by molar-refractivity contribution is 0.0182. The summed E-state index contributed by atoms with van der Waals surface area (Å²) in [7, 11) is 1.83. The molecule has 1 heterocycles. The van der Waals surface area contributed by atoms with Crippen LogP contribution in [-0.4, -0.2) is 39.9 Å². The summed E-state index contributed by atoms with van der Waals surface area (Å²) in [6, 6.07) is 4.23. The molecule has 0 radical (unpaired) electrons. The third-order valence-electron chi connectivity index (χ3n) is 3.94. The first kappa shape index (κ1) is 15.7. The summed E-state index contributed by atoms with van der Waals surface area (Å²) < 4.78 is 5.43. The smallest absolute Gasteiger partial charge is 0.410 e. The molecule has 21 heavy (non-hydrogen) atoms. The first-order valence-corrected chi connectivity index (χ1v) is 7.60. The van der Waals surface area contributed by atoms with E-state index in [1.807, 2.05) is 40.0 Å². The molecule has 0 aliphatic heterocycles. The minimum absolute atomic E-state index is 0.231. The monoisotopic (exact) mass is 291 g/mol. The van der Waals surface area contributed by atoms with Gasteiger partial charge in [0.05, 0.1) is 5.69 Å². The predicted molar refractivity (Wildman–Crippen MR) is 81.0 cm³/mol. The van der Waals surface area contributed by atoms with E-state index >= 15 is 0 Å². The Morgan fingerprint density at radius 2 is 1.95 bits per heavy atom. The Balaban J connectivity index is 1.87. The summed E-state index contributed by atoms with van der Waals surface area (Å²) in [6.45, 7) is 5.68. The topological polar surface area (TPSA) is 55.3 Å². The highest BCUT2D eigenvalue weighted by molar-refractivity contribution is 5.68. The molecular weight excluding hydrogens is 266 g/mol. The number of carbonyl (C=O) groups excluding carboxylic acids is 1. The van der Waals surface area contributed by atoms with Gasteiger partial charge in [0.1, 0.15) is 5.60 Å². The fourth-order valence-electron chi connectivity index (χ4n) is 2.77. The number of hydrogen-bond acceptors (Lipinski definition) is 4. The van der Waals surface area contributed by atoms with Crippen molar-refractivity contribution in [1.29, 1.82) is 0 Å². The van der Waals surface area contributed by atoms with Crippen LogP contribution in [0.2, 0.25) is 0 Å². The van der Waals surface area contributed by atoms with Gasteiger partial charge in [-0.1, -0.05) is 0 Å². The van der Waals surface area contributed by atoms with Crippen LogP contribution >= 0.6 is 0 Å². The van der Waals surface area contributed by atoms with Crippen molar-refractivity contribution >= 4 is 6.09 Å². The van der Waals surface area contributed by atoms with E-state index in [4.69, 9.17) is 4.74 Å². The maximum Gasteiger partial charge on any atom is 0.410 e. The lowest BCUT2D eigenvalue weighted by Gasteiger charge is -2.35. The van der Waals surface area contributed by atoms with Gasteiger partial charge in [-0.3, -0.25) is 0 Å². The molecule has 0 N–H and O–H groups in total. The lowest BCUT2D eigenvalue weighted by atomic mass is 9.83. The Bertz CT molecular complexity index is 462. The Hall–Kier alpha value is -1.65. The molecule has 1 aliphatic carbocycles. The molecule has 0 unspecified atom stereocenters. The number of hydrogen-bond donors (Lipinski definition) is 0. The molecule has 1 aliphatic rings. The molecule has 5 nitrogen and oxygen atoms in total. The van der Waals surface area contributed by atoms with Crippen LogP contribution < -0.4 is 0 Å². The van der Waals surface area contributed by atoms with Crippen molar-refractivity contribution in [2.45, 2.75) is 64.0 Å². The molecule has 0 aromatic carbocycles. The first-order chi connectivity index (χ1) is 9.87. The van der Waals surface area contributed by atoms with Crippen LogP contribution in [0.25, 0.3) is 0 Å². The van der Waals surface area contributed by atoms with E-state index in [0.717, 1.165) is 31.4 Å². The van der Waals surface area contributed by atoms with Gasteiger partial charge in [0.2, 0.25) is 0 Å². The van der Waals surface area contributed by atoms with E-state index in [9.17, 15) is 4.79 Å². The van der Waals surface area contributed by atoms with E-state index in [2.05, 4.69) is 10.2 Å². The zero-order chi connectivity index (χ0) is 15.5. The maximum atomic E-state index is 12.1. The fourth-order valence-corrected chi connectivity index (χ4v) is 2.77. The highest BCUT2D eigenvalue weighted by atomic mass is 16.6. The molecule has 0 saturated heterocycles. The third-order valence-corrected chi connectivity index (χ3v) is 3.94. The molecule has 1 saturated carbocycles. The molecule has 1 aromatic heterocycles. The maximum absolute atomic E-state index is 12.1. The molecule has 1 amide bonds. The fraction of sp³-hybridized carbons (Fsp3) is 0.688. The predicted octanol–water partition coefficient (Wildman–Crippen LogP) is 3.37. The highest BCUT2D eigenvalue weighted by Gasteiger charge is 2.30. The molecule has 116 valence electrons. The van der Waals surface area contributed by atoms with Crippen molar-refractivity contribution in [2.24, 2.45) is 0 Å². The van der Waals surface area contributed by atoms with Gasteiger partial charge in [-0.15, -0.1) is 0 Å². The van der Waals surface area contributed by atoms with Crippen LogP contribution in [0.4, 0.5) is 4.79 Å². The second-order valence-electron chi connectivity index (χ2n) is 6.75. The number of carbonyl (C=O) groups is 1. The van der Waals surface area contributed by atoms with Crippen LogP contribution in [0.15, 0.2) is 18.3 Å². The second kappa shape index (κ2) is 6.41. The first-order valence-electron chi connectivity index (χ1n) is 7.60. The summed E-state index contributed by atoms with van der Waals surface area (Å²) >= 11 is 0. The zero-order valence-electron chi connectivity index (χ0n) is 13.4. The van der Waals surface area contributed by atoms with Crippen LogP contribution in [0, 0.1) is 0 Å². The van der Waals surface area contributed by atoms with Gasteiger partial charge in [0.15, 0.2) is 0 Å². The van der Waals surface area contributed by atoms with E-state index in [1.54, 1.807) is 11.1 Å². The molecule has 0 spiro atoms. The van der Waals surface area contributed by atoms with Crippen LogP contribution in [0.1, 0.15) is 58.1 Å². The van der Waals surface area contributed by atoms with Gasteiger partial charge in [-0.25, -0.2) is 4.79 Å². The van der Waals surface area contributed by atoms with Crippen molar-refractivity contribution in [1.82, 2.24) is 15.1 Å². The standard InChI is InChI=1S/C16H25N3O2/c1-16(2,3)21-15(20)19(4)13-9-7-12(8-10-13)14-6-5-11-17-18-14/h5-6,11-13H,7-10H2,1-4H3. The molecular formula is C16H25N3O2. The molecule has 2 rings (SSSR count). The second-order valence-corrected chi connectivity index (χ2v) is 6.75. The number of amides is 1. The Morgan fingerprint density at radius 1 is 1.29 bits per heavy atom. The summed E-state index contributed by atoms with van der Waals surface area (Å²) in [4.78, 5) is 13.8. The van der Waals surface area contributed by atoms with Crippen molar-refractivity contribution in [2.75, 3.05) is 7.05 Å². The minimum Gasteiger partial charge on any atom is -0.444 e. The number of rotatable bonds is 2. The minimum atomic E-state index is -0.442. The van der Waals surface area contributed by atoms with E-state index in [-0.39, 0.29) is 12.1 Å². The number of aromatic nitrogens is 2. The molecule has 1 aromatic rings. The van der Waals surface area contributed by atoms with E-state index in [1.165, 1.54) is 0 Å².